The predicted octanol–water partition coefficient (Wildman–Crippen LogP) is -2.59. The number of amides is 4. The van der Waals surface area contributed by atoms with Crippen molar-refractivity contribution in [3.63, 3.8) is 0 Å². The number of hydrogen-bond donors (Lipinski definition) is 10. The SMILES string of the molecule is CCOc1cccc(F)c1C#Cc1cn([C@@H]2O[C@H](COS(N)(=O)=O)[C@@H](O)[C@H]2O)c2c1c(N)nc[n+]2Cc1ccc(O[C@@H]2O[C@H](C(=O)O)[C@@H](O)[C@H](O)[C@H]2O)c(NC(=O)CCNC(=O)CCOCCOCCOCCN2C(=O)C3=C(C3)C2=O)c1.[CH3-]. The average molecular weight is 1190 g/mol. The van der Waals surface area contributed by atoms with Gasteiger partial charge in [-0.1, -0.05) is 29.0 Å². The zero-order chi connectivity index (χ0) is 59.0. The maximum atomic E-state index is 15.2. The summed E-state index contributed by atoms with van der Waals surface area (Å²) >= 11 is 0. The number of piperidine rings is 1. The van der Waals surface area contributed by atoms with Crippen molar-refractivity contribution in [3.8, 4) is 23.3 Å². The van der Waals surface area contributed by atoms with Gasteiger partial charge in [-0.05, 0) is 36.8 Å². The molecule has 12 N–H and O–H groups in total. The van der Waals surface area contributed by atoms with Crippen molar-refractivity contribution < 1.29 is 109 Å². The van der Waals surface area contributed by atoms with E-state index in [9.17, 15) is 63.0 Å². The summed E-state index contributed by atoms with van der Waals surface area (Å²) in [7, 11) is -4.52. The van der Waals surface area contributed by atoms with Gasteiger partial charge in [0.1, 0.15) is 64.9 Å². The Morgan fingerprint density at radius 3 is 2.27 bits per heavy atom. The van der Waals surface area contributed by atoms with Gasteiger partial charge in [-0.25, -0.2) is 23.5 Å². The number of halogens is 1. The number of imide groups is 1. The number of aliphatic hydroxyl groups excluding tert-OH is 5. The van der Waals surface area contributed by atoms with E-state index >= 15 is 4.39 Å². The summed E-state index contributed by atoms with van der Waals surface area (Å²) in [5.74, 6) is 1.39. The van der Waals surface area contributed by atoms with Crippen LogP contribution in [-0.4, -0.2) is 198 Å². The van der Waals surface area contributed by atoms with Crippen LogP contribution in [0.1, 0.15) is 49.1 Å². The molecule has 0 bridgehead atoms. The zero-order valence-electron chi connectivity index (χ0n) is 44.8. The molecule has 2 saturated heterocycles. The highest BCUT2D eigenvalue weighted by Crippen LogP contribution is 2.40. The Balaban J connectivity index is 0.00000990. The van der Waals surface area contributed by atoms with Crippen LogP contribution in [0.4, 0.5) is 15.9 Å². The van der Waals surface area contributed by atoms with Crippen molar-refractivity contribution in [1.82, 2.24) is 19.8 Å². The molecule has 29 nitrogen and oxygen atoms in total. The number of nitrogens with two attached hydrogens (primary N) is 2. The lowest BCUT2D eigenvalue weighted by Gasteiger charge is -2.38. The van der Waals surface area contributed by atoms with E-state index in [1.54, 1.807) is 6.92 Å². The molecule has 3 aliphatic heterocycles. The molecule has 31 heteroatoms. The monoisotopic (exact) mass is 1190 g/mol. The number of nitrogens with one attached hydrogen (secondary N) is 2. The van der Waals surface area contributed by atoms with Crippen LogP contribution in [0.15, 0.2) is 60.1 Å². The lowest BCUT2D eigenvalue weighted by Crippen LogP contribution is -2.61. The summed E-state index contributed by atoms with van der Waals surface area (Å²) in [6, 6.07) is 8.31. The largest absolute Gasteiger partial charge is 0.492 e. The number of aliphatic carboxylic acids is 1. The first-order valence-electron chi connectivity index (χ1n) is 25.6. The Morgan fingerprint density at radius 2 is 1.58 bits per heavy atom. The number of ether oxygens (including phenoxy) is 7. The highest BCUT2D eigenvalue weighted by atomic mass is 32.2. The molecule has 0 spiro atoms. The molecule has 1 aliphatic carbocycles. The predicted molar refractivity (Wildman–Crippen MR) is 281 cm³/mol. The molecule has 0 radical (unpaired) electrons. The third-order valence-corrected chi connectivity index (χ3v) is 13.6. The van der Waals surface area contributed by atoms with Gasteiger partial charge >= 0.3 is 16.3 Å². The minimum absolute atomic E-state index is 0. The number of anilines is 2. The number of nitrogen functional groups attached to an aromatic ring is 1. The maximum absolute atomic E-state index is 15.2. The number of carbonyl (C=O) groups is 5. The molecule has 4 aliphatic rings. The summed E-state index contributed by atoms with van der Waals surface area (Å²) in [6.07, 6.45) is -13.7. The second-order valence-electron chi connectivity index (χ2n) is 18.8. The fourth-order valence-corrected chi connectivity index (χ4v) is 9.32. The molecule has 83 heavy (non-hydrogen) atoms. The minimum Gasteiger partial charge on any atom is -0.492 e. The summed E-state index contributed by atoms with van der Waals surface area (Å²) in [5, 5.41) is 74.1. The zero-order valence-corrected chi connectivity index (χ0v) is 45.6. The Bertz CT molecular complexity index is 3260. The maximum Gasteiger partial charge on any atom is 0.335 e. The number of carbonyl (C=O) groups excluding carboxylic acids is 4. The molecule has 9 atom stereocenters. The third-order valence-electron chi connectivity index (χ3n) is 13.2. The van der Waals surface area contributed by atoms with E-state index in [4.69, 9.17) is 44.0 Å². The number of carboxylic acid groups (broad SMARTS) is 1. The van der Waals surface area contributed by atoms with Gasteiger partial charge in [-0.3, -0.25) is 28.3 Å². The van der Waals surface area contributed by atoms with Gasteiger partial charge in [-0.2, -0.15) is 8.42 Å². The Morgan fingerprint density at radius 1 is 0.880 bits per heavy atom. The minimum atomic E-state index is -4.52. The van der Waals surface area contributed by atoms with E-state index in [0.29, 0.717) is 23.1 Å². The third kappa shape index (κ3) is 15.3. The fourth-order valence-electron chi connectivity index (χ4n) is 8.99. The number of likely N-dealkylation sites (tertiary alicyclic amines) is 1. The van der Waals surface area contributed by atoms with Crippen molar-refractivity contribution in [2.24, 2.45) is 5.14 Å². The standard InChI is InChI=1S/C51H59FN8O21S.CH3/c1-2-77-33-5-3-4-31(52)28(33)8-7-27-23-60(49-42(66)39(63)35(79-49)24-78-82(54,72)73)46-38(27)45(53)56-25-58(46)22-26-6-9-34(80-51-43(67)40(64)41(65)44(81-51)50(70)71)32(20-26)57-37(62)10-12-55-36(61)11-14-74-16-18-76-19-17-75-15-13-59-47(68)29-21-30(29)48(59)69;/h3-6,9,20,23,25,35,39-44,49,51,53,63-67H,2,10-19,21-22,24H2,1H3,(H5,54,55,57,61,62,70,71,72,73);1H3/q;-1/p+1/t35-,39-,40+,41+,42-,43-,44+,49-,51-;/m1./s1. The molecule has 5 heterocycles. The summed E-state index contributed by atoms with van der Waals surface area (Å²) < 4.78 is 85.1. The van der Waals surface area contributed by atoms with Gasteiger partial charge in [0, 0.05) is 37.0 Å². The lowest BCUT2D eigenvalue weighted by atomic mass is 9.99. The van der Waals surface area contributed by atoms with Crippen LogP contribution in [0.5, 0.6) is 11.5 Å². The molecule has 0 saturated carbocycles. The van der Waals surface area contributed by atoms with Gasteiger partial charge in [-0.15, -0.1) is 0 Å². The van der Waals surface area contributed by atoms with Gasteiger partial charge < -0.3 is 87.6 Å². The smallest absolute Gasteiger partial charge is 0.335 e. The van der Waals surface area contributed by atoms with Crippen LogP contribution < -0.4 is 35.5 Å². The topological polar surface area (TPSA) is 416 Å². The molecule has 0 unspecified atom stereocenters. The molecule has 2 fully saturated rings. The summed E-state index contributed by atoms with van der Waals surface area (Å²) in [5.41, 5.74) is 8.00. The quantitative estimate of drug-likeness (QED) is 0.00962. The number of fused-ring (bicyclic) bond motifs is 1. The number of nitrogens with zero attached hydrogens (tertiary/aromatic N) is 4. The van der Waals surface area contributed by atoms with E-state index in [1.807, 2.05) is 0 Å². The van der Waals surface area contributed by atoms with E-state index in [0.717, 1.165) is 4.90 Å². The number of carboxylic acids is 1. The van der Waals surface area contributed by atoms with Crippen LogP contribution >= 0.6 is 0 Å². The molecule has 4 aromatic rings. The van der Waals surface area contributed by atoms with Crippen LogP contribution in [-0.2, 0) is 68.7 Å². The van der Waals surface area contributed by atoms with E-state index in [2.05, 4.69) is 31.6 Å². The van der Waals surface area contributed by atoms with E-state index in [1.165, 1.54) is 58.1 Å². The first-order valence-corrected chi connectivity index (χ1v) is 27.0. The van der Waals surface area contributed by atoms with Gasteiger partial charge in [0.25, 0.3) is 11.8 Å². The number of aliphatic hydroxyl groups is 5. The number of rotatable bonds is 27. The molecular formula is C52H63FN8O21S. The normalized spacial score (nSPS) is 22.9. The Labute approximate surface area is 473 Å². The van der Waals surface area contributed by atoms with Gasteiger partial charge in [0.05, 0.1) is 83.4 Å². The molecule has 4 amide bonds. The second-order valence-corrected chi connectivity index (χ2v) is 20.1. The molecule has 2 aromatic carbocycles. The van der Waals surface area contributed by atoms with Gasteiger partial charge in [0.15, 0.2) is 6.10 Å². The van der Waals surface area contributed by atoms with Crippen LogP contribution in [0.3, 0.4) is 0 Å². The Hall–Kier alpha value is -7.29. The van der Waals surface area contributed by atoms with Crippen molar-refractivity contribution in [3.05, 3.63) is 90.0 Å². The van der Waals surface area contributed by atoms with Crippen LogP contribution in [0.2, 0.25) is 0 Å². The summed E-state index contributed by atoms with van der Waals surface area (Å²) in [6.45, 7) is 1.89. The molecule has 2 aromatic heterocycles. The Kier molecular flexibility index (Phi) is 21.2. The molecule has 8 rings (SSSR count). The van der Waals surface area contributed by atoms with Crippen molar-refractivity contribution in [2.45, 2.75) is 88.0 Å². The van der Waals surface area contributed by atoms with Crippen LogP contribution in [0.25, 0.3) is 11.0 Å². The highest BCUT2D eigenvalue weighted by Gasteiger charge is 2.50. The second kappa shape index (κ2) is 27.9. The van der Waals surface area contributed by atoms with Crippen molar-refractivity contribution in [1.29, 1.82) is 0 Å². The molecule has 450 valence electrons. The van der Waals surface area contributed by atoms with Crippen molar-refractivity contribution >= 4 is 62.4 Å². The first kappa shape index (κ1) is 63.3. The fraction of sp³-hybridized carbons (Fsp3) is 0.462. The summed E-state index contributed by atoms with van der Waals surface area (Å²) in [4.78, 5) is 67.6. The highest BCUT2D eigenvalue weighted by molar-refractivity contribution is 7.84. The number of hydrogen-bond acceptors (Lipinski definition) is 22. The molecular weight excluding hydrogens is 1120 g/mol. The van der Waals surface area contributed by atoms with E-state index < -0.39 is 95.8 Å². The average Bonchev–Trinajstić information content (AvgIpc) is 4.14. The van der Waals surface area contributed by atoms with Gasteiger partial charge in [0.2, 0.25) is 42.1 Å². The number of benzene rings is 2. The van der Waals surface area contributed by atoms with E-state index in [-0.39, 0.29) is 143 Å². The number of aromatic nitrogens is 3. The first-order chi connectivity index (χ1) is 39.1. The lowest BCUT2D eigenvalue weighted by molar-refractivity contribution is -0.668. The van der Waals surface area contributed by atoms with Crippen LogP contribution in [0, 0.1) is 25.1 Å². The van der Waals surface area contributed by atoms with Crippen molar-refractivity contribution in [2.75, 3.05) is 77.0 Å².